The Hall–Kier alpha value is -2.08. The molecule has 0 aliphatic heterocycles. The zero-order valence-corrected chi connectivity index (χ0v) is 13.4. The summed E-state index contributed by atoms with van der Waals surface area (Å²) < 4.78 is 5.06. The Kier molecular flexibility index (Phi) is 7.39. The van der Waals surface area contributed by atoms with Crippen LogP contribution in [0.3, 0.4) is 0 Å². The highest BCUT2D eigenvalue weighted by Gasteiger charge is 2.24. The van der Waals surface area contributed by atoms with E-state index in [1.165, 1.54) is 0 Å². The van der Waals surface area contributed by atoms with Crippen molar-refractivity contribution in [2.75, 3.05) is 20.2 Å². The Balaban J connectivity index is 2.68. The van der Waals surface area contributed by atoms with Crippen molar-refractivity contribution in [1.82, 2.24) is 10.6 Å². The fourth-order valence-corrected chi connectivity index (χ4v) is 1.93. The Labute approximate surface area is 131 Å². The molecular formula is C16H25N3O3. The van der Waals surface area contributed by atoms with Gasteiger partial charge in [-0.1, -0.05) is 13.8 Å². The minimum atomic E-state index is -0.577. The third-order valence-corrected chi connectivity index (χ3v) is 3.27. The summed E-state index contributed by atoms with van der Waals surface area (Å²) in [6.45, 7) is 4.81. The Morgan fingerprint density at radius 1 is 1.23 bits per heavy atom. The largest absolute Gasteiger partial charge is 0.497 e. The number of methoxy groups -OCH3 is 1. The van der Waals surface area contributed by atoms with Gasteiger partial charge in [0.1, 0.15) is 11.8 Å². The van der Waals surface area contributed by atoms with Crippen molar-refractivity contribution in [2.24, 2.45) is 11.7 Å². The van der Waals surface area contributed by atoms with Crippen molar-refractivity contribution in [2.45, 2.75) is 26.3 Å². The molecule has 1 rings (SSSR count). The zero-order valence-electron chi connectivity index (χ0n) is 13.4. The van der Waals surface area contributed by atoms with Crippen molar-refractivity contribution in [3.8, 4) is 5.75 Å². The summed E-state index contributed by atoms with van der Waals surface area (Å²) >= 11 is 0. The summed E-state index contributed by atoms with van der Waals surface area (Å²) in [4.78, 5) is 24.4. The van der Waals surface area contributed by atoms with E-state index < -0.39 is 6.04 Å². The highest BCUT2D eigenvalue weighted by atomic mass is 16.5. The fraction of sp³-hybridized carbons (Fsp3) is 0.500. The van der Waals surface area contributed by atoms with Gasteiger partial charge in [0.25, 0.3) is 5.91 Å². The first-order chi connectivity index (χ1) is 10.5. The van der Waals surface area contributed by atoms with Gasteiger partial charge >= 0.3 is 0 Å². The maximum atomic E-state index is 12.2. The Morgan fingerprint density at radius 2 is 1.86 bits per heavy atom. The summed E-state index contributed by atoms with van der Waals surface area (Å²) in [6, 6.07) is 6.17. The maximum absolute atomic E-state index is 12.2. The van der Waals surface area contributed by atoms with Crippen molar-refractivity contribution in [3.05, 3.63) is 29.8 Å². The van der Waals surface area contributed by atoms with Gasteiger partial charge < -0.3 is 21.1 Å². The van der Waals surface area contributed by atoms with E-state index in [1.807, 2.05) is 13.8 Å². The third-order valence-electron chi connectivity index (χ3n) is 3.27. The van der Waals surface area contributed by atoms with Crippen LogP contribution in [0.2, 0.25) is 0 Å². The van der Waals surface area contributed by atoms with E-state index in [9.17, 15) is 9.59 Å². The first-order valence-electron chi connectivity index (χ1n) is 7.42. The SMILES string of the molecule is COc1ccc(C(=O)NC(C(=O)NCCCN)C(C)C)cc1. The molecule has 1 aromatic carbocycles. The molecule has 6 heteroatoms. The number of nitrogens with two attached hydrogens (primary N) is 1. The smallest absolute Gasteiger partial charge is 0.251 e. The first-order valence-corrected chi connectivity index (χ1v) is 7.42. The van der Waals surface area contributed by atoms with E-state index in [0.717, 1.165) is 0 Å². The topological polar surface area (TPSA) is 93.4 Å². The molecule has 0 aliphatic carbocycles. The number of amides is 2. The van der Waals surface area contributed by atoms with Gasteiger partial charge in [-0.15, -0.1) is 0 Å². The zero-order chi connectivity index (χ0) is 16.5. The van der Waals surface area contributed by atoms with Gasteiger partial charge in [0.15, 0.2) is 0 Å². The summed E-state index contributed by atoms with van der Waals surface area (Å²) in [7, 11) is 1.57. The predicted octanol–water partition coefficient (Wildman–Crippen LogP) is 0.915. The van der Waals surface area contributed by atoms with Crippen LogP contribution in [0.15, 0.2) is 24.3 Å². The molecule has 2 amide bonds. The molecule has 1 aromatic rings. The molecule has 0 bridgehead atoms. The van der Waals surface area contributed by atoms with Crippen LogP contribution in [-0.2, 0) is 4.79 Å². The van der Waals surface area contributed by atoms with Crippen LogP contribution in [0.25, 0.3) is 0 Å². The number of hydrogen-bond donors (Lipinski definition) is 3. The lowest BCUT2D eigenvalue weighted by atomic mass is 10.0. The molecule has 0 heterocycles. The number of nitrogens with one attached hydrogen (secondary N) is 2. The minimum Gasteiger partial charge on any atom is -0.497 e. The molecule has 0 fully saturated rings. The molecule has 4 N–H and O–H groups in total. The van der Waals surface area contributed by atoms with Crippen molar-refractivity contribution in [3.63, 3.8) is 0 Å². The van der Waals surface area contributed by atoms with Gasteiger partial charge in [-0.2, -0.15) is 0 Å². The molecule has 22 heavy (non-hydrogen) atoms. The highest BCUT2D eigenvalue weighted by Crippen LogP contribution is 2.12. The predicted molar refractivity (Wildman–Crippen MR) is 85.8 cm³/mol. The van der Waals surface area contributed by atoms with Crippen molar-refractivity contribution in [1.29, 1.82) is 0 Å². The molecule has 122 valence electrons. The number of ether oxygens (including phenoxy) is 1. The lowest BCUT2D eigenvalue weighted by Crippen LogP contribution is -2.50. The highest BCUT2D eigenvalue weighted by molar-refractivity contribution is 5.97. The normalized spacial score (nSPS) is 11.9. The van der Waals surface area contributed by atoms with Gasteiger partial charge in [0, 0.05) is 12.1 Å². The molecule has 0 aliphatic rings. The molecular weight excluding hydrogens is 282 g/mol. The second-order valence-corrected chi connectivity index (χ2v) is 5.36. The second kappa shape index (κ2) is 9.04. The maximum Gasteiger partial charge on any atom is 0.251 e. The number of carbonyl (C=O) groups excluding carboxylic acids is 2. The van der Waals surface area contributed by atoms with Crippen LogP contribution in [0, 0.1) is 5.92 Å². The molecule has 6 nitrogen and oxygen atoms in total. The minimum absolute atomic E-state index is 0.0138. The average Bonchev–Trinajstić information content (AvgIpc) is 2.52. The summed E-state index contributed by atoms with van der Waals surface area (Å²) in [6.07, 6.45) is 0.711. The van der Waals surface area contributed by atoms with E-state index in [-0.39, 0.29) is 17.7 Å². The van der Waals surface area contributed by atoms with E-state index in [1.54, 1.807) is 31.4 Å². The van der Waals surface area contributed by atoms with Crippen LogP contribution >= 0.6 is 0 Å². The molecule has 1 atom stereocenters. The lowest BCUT2D eigenvalue weighted by Gasteiger charge is -2.21. The van der Waals surface area contributed by atoms with Crippen LogP contribution in [0.4, 0.5) is 0 Å². The van der Waals surface area contributed by atoms with E-state index in [0.29, 0.717) is 30.8 Å². The van der Waals surface area contributed by atoms with Crippen LogP contribution in [0.5, 0.6) is 5.75 Å². The number of rotatable bonds is 8. The quantitative estimate of drug-likeness (QED) is 0.622. The molecule has 0 saturated heterocycles. The van der Waals surface area contributed by atoms with Gasteiger partial charge in [-0.25, -0.2) is 0 Å². The average molecular weight is 307 g/mol. The summed E-state index contributed by atoms with van der Waals surface area (Å²) in [5.41, 5.74) is 5.89. The second-order valence-electron chi connectivity index (χ2n) is 5.36. The summed E-state index contributed by atoms with van der Waals surface area (Å²) in [5.74, 6) is 0.192. The van der Waals surface area contributed by atoms with E-state index in [4.69, 9.17) is 10.5 Å². The van der Waals surface area contributed by atoms with Gasteiger partial charge in [0.05, 0.1) is 7.11 Å². The molecule has 0 spiro atoms. The fourth-order valence-electron chi connectivity index (χ4n) is 1.93. The number of benzene rings is 1. The monoisotopic (exact) mass is 307 g/mol. The molecule has 0 radical (unpaired) electrons. The van der Waals surface area contributed by atoms with E-state index >= 15 is 0 Å². The van der Waals surface area contributed by atoms with Crippen LogP contribution in [-0.4, -0.2) is 38.1 Å². The van der Waals surface area contributed by atoms with Gasteiger partial charge in [-0.3, -0.25) is 9.59 Å². The van der Waals surface area contributed by atoms with Gasteiger partial charge in [0.2, 0.25) is 5.91 Å². The number of hydrogen-bond acceptors (Lipinski definition) is 4. The third kappa shape index (κ3) is 5.37. The Morgan fingerprint density at radius 3 is 2.36 bits per heavy atom. The molecule has 1 unspecified atom stereocenters. The number of carbonyl (C=O) groups is 2. The lowest BCUT2D eigenvalue weighted by molar-refractivity contribution is -0.123. The molecule has 0 aromatic heterocycles. The van der Waals surface area contributed by atoms with Crippen LogP contribution in [0.1, 0.15) is 30.6 Å². The first kappa shape index (κ1) is 18.0. The molecule has 0 saturated carbocycles. The summed E-state index contributed by atoms with van der Waals surface area (Å²) in [5, 5.41) is 5.56. The Bertz CT molecular complexity index is 486. The van der Waals surface area contributed by atoms with E-state index in [2.05, 4.69) is 10.6 Å². The van der Waals surface area contributed by atoms with Crippen molar-refractivity contribution >= 4 is 11.8 Å². The van der Waals surface area contributed by atoms with Crippen molar-refractivity contribution < 1.29 is 14.3 Å². The standard InChI is InChI=1S/C16H25N3O3/c1-11(2)14(16(21)18-10-4-9-17)19-15(20)12-5-7-13(22-3)8-6-12/h5-8,11,14H,4,9-10,17H2,1-3H3,(H,18,21)(H,19,20). The van der Waals surface area contributed by atoms with Crippen LogP contribution < -0.4 is 21.1 Å². The van der Waals surface area contributed by atoms with Gasteiger partial charge in [-0.05, 0) is 43.1 Å².